The Labute approximate surface area is 173 Å². The van der Waals surface area contributed by atoms with Crippen LogP contribution in [0.3, 0.4) is 0 Å². The Hall–Kier alpha value is -2.60. The Morgan fingerprint density at radius 3 is 2.76 bits per heavy atom. The highest BCUT2D eigenvalue weighted by Crippen LogP contribution is 2.20. The summed E-state index contributed by atoms with van der Waals surface area (Å²) in [4.78, 5) is 26.8. The first kappa shape index (κ1) is 22.7. The molecule has 1 amide bonds. The van der Waals surface area contributed by atoms with E-state index in [-0.39, 0.29) is 18.3 Å². The second-order valence-electron chi connectivity index (χ2n) is 8.41. The van der Waals surface area contributed by atoms with Gasteiger partial charge in [-0.15, -0.1) is 0 Å². The van der Waals surface area contributed by atoms with Crippen LogP contribution in [0.5, 0.6) is 5.88 Å². The van der Waals surface area contributed by atoms with Crippen LogP contribution in [0.15, 0.2) is 6.07 Å². The van der Waals surface area contributed by atoms with E-state index in [4.69, 9.17) is 9.47 Å². The third-order valence-electron chi connectivity index (χ3n) is 4.49. The predicted octanol–water partition coefficient (Wildman–Crippen LogP) is 2.12. The number of nitrogens with zero attached hydrogens (tertiary/aromatic N) is 6. The molecule has 1 saturated heterocycles. The summed E-state index contributed by atoms with van der Waals surface area (Å²) < 4.78 is 11.1. The first-order valence-electron chi connectivity index (χ1n) is 9.90. The number of hydrogen-bond donors (Lipinski definition) is 0. The largest absolute Gasteiger partial charge is 0.476 e. The molecule has 160 valence electrons. The van der Waals surface area contributed by atoms with Gasteiger partial charge in [0.25, 0.3) is 0 Å². The van der Waals surface area contributed by atoms with Crippen molar-refractivity contribution in [1.82, 2.24) is 19.8 Å². The summed E-state index contributed by atoms with van der Waals surface area (Å²) in [7, 11) is 3.75. The normalized spacial score (nSPS) is 18.0. The number of likely N-dealkylation sites (N-methyl/N-ethyl adjacent to an activating group) is 2. The van der Waals surface area contributed by atoms with Gasteiger partial charge in [-0.05, 0) is 47.7 Å². The Bertz CT molecular complexity index is 743. The molecule has 1 aromatic heterocycles. The summed E-state index contributed by atoms with van der Waals surface area (Å²) in [6.07, 6.45) is 0.586. The Morgan fingerprint density at radius 1 is 1.38 bits per heavy atom. The van der Waals surface area contributed by atoms with Crippen molar-refractivity contribution in [2.24, 2.45) is 0 Å². The lowest BCUT2D eigenvalue weighted by Crippen LogP contribution is -2.39. The highest BCUT2D eigenvalue weighted by molar-refractivity contribution is 5.67. The summed E-state index contributed by atoms with van der Waals surface area (Å²) >= 11 is 0. The SMILES string of the molecule is C[C@H]1CN(C)CCCN1c1nc(C#N)cc(OCCN(C)C(=O)OC(C)(C)C)n1. The number of aromatic nitrogens is 2. The van der Waals surface area contributed by atoms with Crippen molar-refractivity contribution < 1.29 is 14.3 Å². The van der Waals surface area contributed by atoms with Gasteiger partial charge in [0.15, 0.2) is 0 Å². The number of anilines is 1. The minimum absolute atomic E-state index is 0.225. The molecule has 0 spiro atoms. The van der Waals surface area contributed by atoms with E-state index in [0.717, 1.165) is 26.1 Å². The molecular formula is C20H32N6O3. The van der Waals surface area contributed by atoms with E-state index in [1.165, 1.54) is 11.0 Å². The van der Waals surface area contributed by atoms with Gasteiger partial charge in [0.2, 0.25) is 11.8 Å². The van der Waals surface area contributed by atoms with E-state index in [0.29, 0.717) is 18.4 Å². The molecule has 1 aliphatic rings. The number of hydrogen-bond acceptors (Lipinski definition) is 8. The fourth-order valence-electron chi connectivity index (χ4n) is 3.06. The maximum absolute atomic E-state index is 12.0. The van der Waals surface area contributed by atoms with Crippen molar-refractivity contribution in [3.63, 3.8) is 0 Å². The van der Waals surface area contributed by atoms with Crippen molar-refractivity contribution in [3.05, 3.63) is 11.8 Å². The molecule has 0 aliphatic carbocycles. The van der Waals surface area contributed by atoms with Crippen molar-refractivity contribution in [1.29, 1.82) is 5.26 Å². The zero-order chi connectivity index (χ0) is 21.6. The fraction of sp³-hybridized carbons (Fsp3) is 0.700. The number of amides is 1. The van der Waals surface area contributed by atoms with Gasteiger partial charge in [-0.25, -0.2) is 9.78 Å². The predicted molar refractivity (Wildman–Crippen MR) is 110 cm³/mol. The van der Waals surface area contributed by atoms with E-state index in [9.17, 15) is 10.1 Å². The maximum atomic E-state index is 12.0. The first-order valence-corrected chi connectivity index (χ1v) is 9.90. The van der Waals surface area contributed by atoms with Crippen LogP contribution < -0.4 is 9.64 Å². The first-order chi connectivity index (χ1) is 13.6. The standard InChI is InChI=1S/C20H32N6O3/c1-15-14-24(5)8-7-9-26(15)18-22-16(13-21)12-17(23-18)28-11-10-25(6)19(27)29-20(2,3)4/h12,15H,7-11,14H2,1-6H3/t15-/m0/s1. The third kappa shape index (κ3) is 7.06. The summed E-state index contributed by atoms with van der Waals surface area (Å²) in [6, 6.07) is 3.82. The molecule has 1 aliphatic heterocycles. The Balaban J connectivity index is 2.03. The zero-order valence-corrected chi connectivity index (χ0v) is 18.3. The van der Waals surface area contributed by atoms with Crippen molar-refractivity contribution in [2.45, 2.75) is 45.8 Å². The van der Waals surface area contributed by atoms with Crippen LogP contribution in [0.25, 0.3) is 0 Å². The van der Waals surface area contributed by atoms with Crippen molar-refractivity contribution in [2.75, 3.05) is 51.8 Å². The van der Waals surface area contributed by atoms with Gasteiger partial charge in [0, 0.05) is 32.2 Å². The average molecular weight is 405 g/mol. The van der Waals surface area contributed by atoms with Crippen LogP contribution in [0.2, 0.25) is 0 Å². The van der Waals surface area contributed by atoms with Gasteiger partial charge in [-0.3, -0.25) is 0 Å². The van der Waals surface area contributed by atoms with Gasteiger partial charge < -0.3 is 24.2 Å². The lowest BCUT2D eigenvalue weighted by molar-refractivity contribution is 0.0277. The number of rotatable bonds is 5. The van der Waals surface area contributed by atoms with Crippen molar-refractivity contribution in [3.8, 4) is 11.9 Å². The van der Waals surface area contributed by atoms with Crippen molar-refractivity contribution >= 4 is 12.0 Å². The monoisotopic (exact) mass is 404 g/mol. The van der Waals surface area contributed by atoms with Crippen LogP contribution >= 0.6 is 0 Å². The average Bonchev–Trinajstić information content (AvgIpc) is 2.79. The summed E-state index contributed by atoms with van der Waals surface area (Å²) in [5, 5.41) is 9.35. The smallest absolute Gasteiger partial charge is 0.410 e. The quantitative estimate of drug-likeness (QED) is 0.737. The summed E-state index contributed by atoms with van der Waals surface area (Å²) in [6.45, 7) is 10.9. The molecule has 1 aromatic rings. The second kappa shape index (κ2) is 9.74. The molecule has 0 unspecified atom stereocenters. The molecule has 2 rings (SSSR count). The van der Waals surface area contributed by atoms with Gasteiger partial charge in [-0.2, -0.15) is 10.2 Å². The summed E-state index contributed by atoms with van der Waals surface area (Å²) in [5.74, 6) is 0.830. The Morgan fingerprint density at radius 2 is 2.10 bits per heavy atom. The molecule has 29 heavy (non-hydrogen) atoms. The lowest BCUT2D eigenvalue weighted by atomic mass is 10.2. The molecule has 1 fully saturated rings. The molecule has 9 heteroatoms. The third-order valence-corrected chi connectivity index (χ3v) is 4.49. The number of carbonyl (C=O) groups is 1. The second-order valence-corrected chi connectivity index (χ2v) is 8.41. The molecule has 0 N–H and O–H groups in total. The molecule has 1 atom stereocenters. The highest BCUT2D eigenvalue weighted by atomic mass is 16.6. The lowest BCUT2D eigenvalue weighted by Gasteiger charge is -2.28. The van der Waals surface area contributed by atoms with E-state index >= 15 is 0 Å². The highest BCUT2D eigenvalue weighted by Gasteiger charge is 2.23. The zero-order valence-electron chi connectivity index (χ0n) is 18.3. The van der Waals surface area contributed by atoms with E-state index in [2.05, 4.69) is 39.8 Å². The van der Waals surface area contributed by atoms with Gasteiger partial charge >= 0.3 is 6.09 Å². The summed E-state index contributed by atoms with van der Waals surface area (Å²) in [5.41, 5.74) is -0.289. The maximum Gasteiger partial charge on any atom is 0.410 e. The molecule has 0 saturated carbocycles. The van der Waals surface area contributed by atoms with Gasteiger partial charge in [-0.1, -0.05) is 0 Å². The van der Waals surface area contributed by atoms with Crippen LogP contribution in [-0.4, -0.2) is 84.4 Å². The van der Waals surface area contributed by atoms with E-state index < -0.39 is 11.7 Å². The van der Waals surface area contributed by atoms with Crippen LogP contribution in [0.1, 0.15) is 39.8 Å². The van der Waals surface area contributed by atoms with Gasteiger partial charge in [0.1, 0.15) is 24.0 Å². The number of carbonyl (C=O) groups excluding carboxylic acids is 1. The topological polar surface area (TPSA) is 94.8 Å². The van der Waals surface area contributed by atoms with Crippen LogP contribution in [0.4, 0.5) is 10.7 Å². The number of nitriles is 1. The van der Waals surface area contributed by atoms with Gasteiger partial charge in [0.05, 0.1) is 6.54 Å². The number of ether oxygens (including phenoxy) is 2. The molecular weight excluding hydrogens is 372 g/mol. The molecule has 0 bridgehead atoms. The minimum atomic E-state index is -0.548. The Kier molecular flexibility index (Phi) is 7.62. The minimum Gasteiger partial charge on any atom is -0.476 e. The molecule has 0 radical (unpaired) electrons. The molecule has 0 aromatic carbocycles. The van der Waals surface area contributed by atoms with E-state index in [1.54, 1.807) is 7.05 Å². The fourth-order valence-corrected chi connectivity index (χ4v) is 3.06. The van der Waals surface area contributed by atoms with Crippen LogP contribution in [-0.2, 0) is 4.74 Å². The van der Waals surface area contributed by atoms with E-state index in [1.807, 2.05) is 20.8 Å². The molecule has 2 heterocycles. The molecule has 9 nitrogen and oxygen atoms in total. The van der Waals surface area contributed by atoms with Crippen LogP contribution in [0, 0.1) is 11.3 Å².